The largest absolute Gasteiger partial charge is 0.377 e. The molecule has 1 saturated heterocycles. The van der Waals surface area contributed by atoms with Gasteiger partial charge in [-0.1, -0.05) is 27.2 Å². The fourth-order valence-electron chi connectivity index (χ4n) is 3.43. The Labute approximate surface area is 125 Å². The van der Waals surface area contributed by atoms with Crippen molar-refractivity contribution in [2.75, 3.05) is 32.8 Å². The third-order valence-corrected chi connectivity index (χ3v) is 4.79. The molecule has 0 bridgehead atoms. The Kier molecular flexibility index (Phi) is 6.31. The lowest BCUT2D eigenvalue weighted by atomic mass is 9.84. The van der Waals surface area contributed by atoms with Crippen LogP contribution in [0.2, 0.25) is 0 Å². The lowest BCUT2D eigenvalue weighted by molar-refractivity contribution is 0.0565. The molecular weight excluding hydrogens is 248 g/mol. The summed E-state index contributed by atoms with van der Waals surface area (Å²) in [5.41, 5.74) is 0.409. The van der Waals surface area contributed by atoms with Gasteiger partial charge in [0.25, 0.3) is 0 Å². The normalized spacial score (nSPS) is 26.1. The van der Waals surface area contributed by atoms with Crippen LogP contribution in [0, 0.1) is 5.41 Å². The molecule has 0 aromatic carbocycles. The van der Waals surface area contributed by atoms with E-state index in [1.54, 1.807) is 0 Å². The summed E-state index contributed by atoms with van der Waals surface area (Å²) in [6.07, 6.45) is 8.34. The second-order valence-corrected chi connectivity index (χ2v) is 7.18. The summed E-state index contributed by atoms with van der Waals surface area (Å²) in [5.74, 6) is 0. The summed E-state index contributed by atoms with van der Waals surface area (Å²) in [6, 6.07) is 0.819. The summed E-state index contributed by atoms with van der Waals surface area (Å²) < 4.78 is 5.81. The van der Waals surface area contributed by atoms with Crippen LogP contribution in [-0.2, 0) is 4.74 Å². The van der Waals surface area contributed by atoms with Crippen LogP contribution >= 0.6 is 0 Å². The second kappa shape index (κ2) is 7.77. The summed E-state index contributed by atoms with van der Waals surface area (Å²) in [7, 11) is 0. The third-order valence-electron chi connectivity index (χ3n) is 4.79. The number of hydrogen-bond acceptors (Lipinski definition) is 3. The molecule has 2 unspecified atom stereocenters. The first-order chi connectivity index (χ1) is 9.65. The summed E-state index contributed by atoms with van der Waals surface area (Å²) in [4.78, 5) is 2.61. The molecule has 3 nitrogen and oxygen atoms in total. The molecule has 2 fully saturated rings. The first-order valence-corrected chi connectivity index (χ1v) is 8.72. The quantitative estimate of drug-likeness (QED) is 0.666. The maximum atomic E-state index is 5.81. The highest BCUT2D eigenvalue weighted by Crippen LogP contribution is 2.27. The van der Waals surface area contributed by atoms with E-state index in [0.29, 0.717) is 11.5 Å². The standard InChI is InChI=1S/C17H34N2O/c1-4-10-17(3,13-18-15-8-9-15)14-19(5-2)12-16-7-6-11-20-16/h15-16,18H,4-14H2,1-3H3. The maximum absolute atomic E-state index is 5.81. The Balaban J connectivity index is 1.81. The average Bonchev–Trinajstić information content (AvgIpc) is 3.13. The molecule has 0 radical (unpaired) electrons. The number of hydrogen-bond donors (Lipinski definition) is 1. The molecule has 20 heavy (non-hydrogen) atoms. The van der Waals surface area contributed by atoms with Gasteiger partial charge < -0.3 is 15.0 Å². The van der Waals surface area contributed by atoms with Crippen molar-refractivity contribution in [2.45, 2.75) is 71.4 Å². The Hall–Kier alpha value is -0.120. The minimum Gasteiger partial charge on any atom is -0.377 e. The van der Waals surface area contributed by atoms with Gasteiger partial charge in [0.05, 0.1) is 6.10 Å². The molecule has 1 saturated carbocycles. The number of nitrogens with zero attached hydrogens (tertiary/aromatic N) is 1. The molecule has 1 aliphatic heterocycles. The zero-order valence-electron chi connectivity index (χ0n) is 13.8. The van der Waals surface area contributed by atoms with E-state index in [0.717, 1.165) is 25.7 Å². The van der Waals surface area contributed by atoms with Crippen molar-refractivity contribution in [3.63, 3.8) is 0 Å². The molecule has 0 aromatic heterocycles. The van der Waals surface area contributed by atoms with E-state index in [9.17, 15) is 0 Å². The van der Waals surface area contributed by atoms with E-state index in [4.69, 9.17) is 4.74 Å². The molecule has 1 N–H and O–H groups in total. The van der Waals surface area contributed by atoms with Gasteiger partial charge >= 0.3 is 0 Å². The SMILES string of the molecule is CCCC(C)(CNC1CC1)CN(CC)CC1CCCO1. The predicted molar refractivity (Wildman–Crippen MR) is 85.1 cm³/mol. The van der Waals surface area contributed by atoms with Crippen LogP contribution in [0.15, 0.2) is 0 Å². The highest BCUT2D eigenvalue weighted by atomic mass is 16.5. The van der Waals surface area contributed by atoms with Crippen molar-refractivity contribution in [2.24, 2.45) is 5.41 Å². The fourth-order valence-corrected chi connectivity index (χ4v) is 3.43. The van der Waals surface area contributed by atoms with Crippen LogP contribution in [0.5, 0.6) is 0 Å². The molecular formula is C17H34N2O. The summed E-state index contributed by atoms with van der Waals surface area (Å²) in [6.45, 7) is 12.7. The topological polar surface area (TPSA) is 24.5 Å². The minimum atomic E-state index is 0.409. The van der Waals surface area contributed by atoms with E-state index < -0.39 is 0 Å². The molecule has 0 aromatic rings. The molecule has 1 aliphatic carbocycles. The van der Waals surface area contributed by atoms with Gasteiger partial charge in [-0.15, -0.1) is 0 Å². The lowest BCUT2D eigenvalue weighted by Crippen LogP contribution is -2.45. The first kappa shape index (κ1) is 16.3. The Morgan fingerprint density at radius 3 is 2.60 bits per heavy atom. The average molecular weight is 282 g/mol. The highest BCUT2D eigenvalue weighted by Gasteiger charge is 2.30. The van der Waals surface area contributed by atoms with E-state index in [2.05, 4.69) is 31.0 Å². The maximum Gasteiger partial charge on any atom is 0.0702 e. The van der Waals surface area contributed by atoms with Crippen molar-refractivity contribution in [1.82, 2.24) is 10.2 Å². The zero-order chi connectivity index (χ0) is 14.4. The highest BCUT2D eigenvalue weighted by molar-refractivity contribution is 4.87. The smallest absolute Gasteiger partial charge is 0.0702 e. The van der Waals surface area contributed by atoms with E-state index in [1.807, 2.05) is 0 Å². The van der Waals surface area contributed by atoms with Crippen LogP contribution in [0.3, 0.4) is 0 Å². The third kappa shape index (κ3) is 5.34. The van der Waals surface area contributed by atoms with Crippen LogP contribution in [0.4, 0.5) is 0 Å². The van der Waals surface area contributed by atoms with Crippen LogP contribution < -0.4 is 5.32 Å². The molecule has 2 atom stereocenters. The number of nitrogens with one attached hydrogen (secondary N) is 1. The van der Waals surface area contributed by atoms with Gasteiger partial charge in [-0.05, 0) is 44.1 Å². The van der Waals surface area contributed by atoms with Gasteiger partial charge in [-0.3, -0.25) is 0 Å². The van der Waals surface area contributed by atoms with Crippen LogP contribution in [0.25, 0.3) is 0 Å². The van der Waals surface area contributed by atoms with Gasteiger partial charge in [0.1, 0.15) is 0 Å². The second-order valence-electron chi connectivity index (χ2n) is 7.18. The molecule has 0 spiro atoms. The van der Waals surface area contributed by atoms with Gasteiger partial charge in [0, 0.05) is 32.3 Å². The van der Waals surface area contributed by atoms with Crippen molar-refractivity contribution in [3.05, 3.63) is 0 Å². The Morgan fingerprint density at radius 1 is 1.25 bits per heavy atom. The van der Waals surface area contributed by atoms with Crippen molar-refractivity contribution >= 4 is 0 Å². The molecule has 2 aliphatic rings. The summed E-state index contributed by atoms with van der Waals surface area (Å²) in [5, 5.41) is 3.75. The van der Waals surface area contributed by atoms with E-state index >= 15 is 0 Å². The van der Waals surface area contributed by atoms with E-state index in [-0.39, 0.29) is 0 Å². The number of rotatable bonds is 10. The molecule has 0 amide bonds. The Bertz CT molecular complexity index is 274. The first-order valence-electron chi connectivity index (χ1n) is 8.72. The molecule has 3 heteroatoms. The summed E-state index contributed by atoms with van der Waals surface area (Å²) >= 11 is 0. The van der Waals surface area contributed by atoms with Crippen molar-refractivity contribution < 1.29 is 4.74 Å². The fraction of sp³-hybridized carbons (Fsp3) is 1.00. The van der Waals surface area contributed by atoms with Crippen molar-refractivity contribution in [1.29, 1.82) is 0 Å². The number of ether oxygens (including phenoxy) is 1. The van der Waals surface area contributed by atoms with Gasteiger partial charge in [0.2, 0.25) is 0 Å². The molecule has 2 rings (SSSR count). The molecule has 1 heterocycles. The van der Waals surface area contributed by atoms with Crippen molar-refractivity contribution in [3.8, 4) is 0 Å². The van der Waals surface area contributed by atoms with Gasteiger partial charge in [-0.25, -0.2) is 0 Å². The Morgan fingerprint density at radius 2 is 2.05 bits per heavy atom. The van der Waals surface area contributed by atoms with Gasteiger partial charge in [-0.2, -0.15) is 0 Å². The van der Waals surface area contributed by atoms with Crippen LogP contribution in [-0.4, -0.2) is 49.8 Å². The van der Waals surface area contributed by atoms with E-state index in [1.165, 1.54) is 51.6 Å². The number of likely N-dealkylation sites (N-methyl/N-ethyl adjacent to an activating group) is 1. The van der Waals surface area contributed by atoms with Crippen LogP contribution in [0.1, 0.15) is 59.3 Å². The molecule has 118 valence electrons. The zero-order valence-corrected chi connectivity index (χ0v) is 13.8. The monoisotopic (exact) mass is 282 g/mol. The minimum absolute atomic E-state index is 0.409. The predicted octanol–water partition coefficient (Wildman–Crippen LogP) is 3.05. The van der Waals surface area contributed by atoms with Gasteiger partial charge in [0.15, 0.2) is 0 Å². The lowest BCUT2D eigenvalue weighted by Gasteiger charge is -2.36.